The summed E-state index contributed by atoms with van der Waals surface area (Å²) in [4.78, 5) is 2.18. The quantitative estimate of drug-likeness (QED) is 0.877. The zero-order chi connectivity index (χ0) is 13.2. The van der Waals surface area contributed by atoms with Gasteiger partial charge in [-0.2, -0.15) is 0 Å². The zero-order valence-corrected chi connectivity index (χ0v) is 11.5. The summed E-state index contributed by atoms with van der Waals surface area (Å²) < 4.78 is 22.9. The Labute approximate surface area is 109 Å². The Morgan fingerprint density at radius 2 is 2.00 bits per heavy atom. The van der Waals surface area contributed by atoms with E-state index in [1.54, 1.807) is 0 Å². The average Bonchev–Trinajstić information content (AvgIpc) is 2.32. The topological polar surface area (TPSA) is 63.4 Å². The van der Waals surface area contributed by atoms with E-state index in [0.29, 0.717) is 19.6 Å². The highest BCUT2D eigenvalue weighted by Gasteiger charge is 2.27. The number of nitrogens with zero attached hydrogens (tertiary/aromatic N) is 1. The first-order valence-corrected chi connectivity index (χ1v) is 8.05. The number of aryl methyl sites for hydroxylation is 1. The van der Waals surface area contributed by atoms with Crippen LogP contribution in [0.3, 0.4) is 0 Å². The van der Waals surface area contributed by atoms with Crippen molar-refractivity contribution >= 4 is 9.84 Å². The molecule has 18 heavy (non-hydrogen) atoms. The Kier molecular flexibility index (Phi) is 4.04. The number of benzene rings is 1. The minimum atomic E-state index is -2.83. The van der Waals surface area contributed by atoms with Crippen LogP contribution in [0.5, 0.6) is 0 Å². The highest BCUT2D eigenvalue weighted by molar-refractivity contribution is 7.91. The Morgan fingerprint density at radius 3 is 2.56 bits per heavy atom. The van der Waals surface area contributed by atoms with E-state index in [4.69, 9.17) is 5.73 Å². The van der Waals surface area contributed by atoms with E-state index in [-0.39, 0.29) is 17.5 Å². The lowest BCUT2D eigenvalue weighted by Gasteiger charge is -2.34. The van der Waals surface area contributed by atoms with Crippen molar-refractivity contribution in [3.63, 3.8) is 0 Å². The van der Waals surface area contributed by atoms with Gasteiger partial charge in [0.1, 0.15) is 0 Å². The van der Waals surface area contributed by atoms with Gasteiger partial charge in [0.15, 0.2) is 9.84 Å². The molecule has 0 saturated carbocycles. The number of hydrogen-bond donors (Lipinski definition) is 1. The van der Waals surface area contributed by atoms with Crippen LogP contribution in [0.1, 0.15) is 17.2 Å². The molecule has 5 heteroatoms. The van der Waals surface area contributed by atoms with Gasteiger partial charge in [-0.1, -0.05) is 29.8 Å². The molecule has 1 unspecified atom stereocenters. The summed E-state index contributed by atoms with van der Waals surface area (Å²) in [6, 6.07) is 8.39. The molecule has 100 valence electrons. The van der Waals surface area contributed by atoms with Gasteiger partial charge in [0.25, 0.3) is 0 Å². The molecule has 0 aliphatic carbocycles. The average molecular weight is 268 g/mol. The molecule has 2 rings (SSSR count). The Balaban J connectivity index is 2.15. The van der Waals surface area contributed by atoms with Crippen LogP contribution >= 0.6 is 0 Å². The van der Waals surface area contributed by atoms with Gasteiger partial charge in [0.05, 0.1) is 11.5 Å². The van der Waals surface area contributed by atoms with Gasteiger partial charge < -0.3 is 5.73 Å². The fourth-order valence-electron chi connectivity index (χ4n) is 2.41. The lowest BCUT2D eigenvalue weighted by atomic mass is 10.0. The fourth-order valence-corrected chi connectivity index (χ4v) is 3.64. The molecule has 1 atom stereocenters. The molecule has 1 aromatic carbocycles. The highest BCUT2D eigenvalue weighted by atomic mass is 32.2. The summed E-state index contributed by atoms with van der Waals surface area (Å²) >= 11 is 0. The van der Waals surface area contributed by atoms with E-state index >= 15 is 0 Å². The van der Waals surface area contributed by atoms with E-state index in [1.165, 1.54) is 11.1 Å². The molecule has 1 fully saturated rings. The summed E-state index contributed by atoms with van der Waals surface area (Å²) in [5.74, 6) is 0.491. The predicted octanol–water partition coefficient (Wildman–Crippen LogP) is 0.725. The van der Waals surface area contributed by atoms with Crippen LogP contribution in [-0.2, 0) is 9.84 Å². The summed E-state index contributed by atoms with van der Waals surface area (Å²) in [6.07, 6.45) is 0. The van der Waals surface area contributed by atoms with Crippen LogP contribution in [0.2, 0.25) is 0 Å². The second-order valence-electron chi connectivity index (χ2n) is 4.85. The number of rotatable bonds is 3. The predicted molar refractivity (Wildman–Crippen MR) is 73.2 cm³/mol. The van der Waals surface area contributed by atoms with Crippen LogP contribution in [-0.4, -0.2) is 44.5 Å². The van der Waals surface area contributed by atoms with Crippen LogP contribution in [0.25, 0.3) is 0 Å². The van der Waals surface area contributed by atoms with Crippen LogP contribution in [0, 0.1) is 6.92 Å². The highest BCUT2D eigenvalue weighted by Crippen LogP contribution is 2.22. The van der Waals surface area contributed by atoms with Crippen LogP contribution < -0.4 is 5.73 Å². The second kappa shape index (κ2) is 5.38. The van der Waals surface area contributed by atoms with E-state index < -0.39 is 9.84 Å². The molecule has 0 aromatic heterocycles. The van der Waals surface area contributed by atoms with Crippen molar-refractivity contribution in [2.45, 2.75) is 13.0 Å². The molecule has 0 amide bonds. The van der Waals surface area contributed by atoms with Crippen molar-refractivity contribution in [1.29, 1.82) is 0 Å². The second-order valence-corrected chi connectivity index (χ2v) is 7.16. The minimum Gasteiger partial charge on any atom is -0.329 e. The van der Waals surface area contributed by atoms with Crippen LogP contribution in [0.15, 0.2) is 24.3 Å². The molecular formula is C13H20N2O2S. The molecule has 4 nitrogen and oxygen atoms in total. The summed E-state index contributed by atoms with van der Waals surface area (Å²) in [7, 11) is -2.83. The maximum absolute atomic E-state index is 11.4. The SMILES string of the molecule is Cc1cccc(C(CN)N2CCS(=O)(=O)CC2)c1. The Hall–Kier alpha value is -0.910. The van der Waals surface area contributed by atoms with Crippen molar-refractivity contribution in [3.8, 4) is 0 Å². The van der Waals surface area contributed by atoms with Crippen molar-refractivity contribution in [1.82, 2.24) is 4.90 Å². The molecule has 1 heterocycles. The minimum absolute atomic E-state index is 0.125. The largest absolute Gasteiger partial charge is 0.329 e. The Morgan fingerprint density at radius 1 is 1.33 bits per heavy atom. The van der Waals surface area contributed by atoms with E-state index in [0.717, 1.165) is 0 Å². The van der Waals surface area contributed by atoms with E-state index in [1.807, 2.05) is 6.07 Å². The third-order valence-corrected chi connectivity index (χ3v) is 5.08. The smallest absolute Gasteiger partial charge is 0.152 e. The molecular weight excluding hydrogens is 248 g/mol. The zero-order valence-electron chi connectivity index (χ0n) is 10.7. The maximum atomic E-state index is 11.4. The molecule has 1 aromatic rings. The van der Waals surface area contributed by atoms with Crippen molar-refractivity contribution < 1.29 is 8.42 Å². The van der Waals surface area contributed by atoms with Gasteiger partial charge >= 0.3 is 0 Å². The van der Waals surface area contributed by atoms with Crippen molar-refractivity contribution in [2.24, 2.45) is 5.73 Å². The fraction of sp³-hybridized carbons (Fsp3) is 0.538. The first-order valence-electron chi connectivity index (χ1n) is 6.23. The molecule has 2 N–H and O–H groups in total. The Bertz CT molecular complexity index is 499. The summed E-state index contributed by atoms with van der Waals surface area (Å²) in [6.45, 7) is 3.73. The molecule has 1 aliphatic heterocycles. The first-order chi connectivity index (χ1) is 8.52. The van der Waals surface area contributed by atoms with Gasteiger partial charge in [-0.05, 0) is 12.5 Å². The first kappa shape index (κ1) is 13.5. The van der Waals surface area contributed by atoms with Gasteiger partial charge in [0, 0.05) is 25.7 Å². The van der Waals surface area contributed by atoms with Gasteiger partial charge in [0.2, 0.25) is 0 Å². The standard InChI is InChI=1S/C13H20N2O2S/c1-11-3-2-4-12(9-11)13(10-14)15-5-7-18(16,17)8-6-15/h2-4,9,13H,5-8,10,14H2,1H3. The summed E-state index contributed by atoms with van der Waals surface area (Å²) in [5.41, 5.74) is 8.24. The molecule has 0 spiro atoms. The lowest BCUT2D eigenvalue weighted by molar-refractivity contribution is 0.219. The van der Waals surface area contributed by atoms with Crippen molar-refractivity contribution in [3.05, 3.63) is 35.4 Å². The monoisotopic (exact) mass is 268 g/mol. The molecule has 1 aliphatic rings. The summed E-state index contributed by atoms with van der Waals surface area (Å²) in [5, 5.41) is 0. The number of hydrogen-bond acceptors (Lipinski definition) is 4. The van der Waals surface area contributed by atoms with Crippen LogP contribution in [0.4, 0.5) is 0 Å². The van der Waals surface area contributed by atoms with Crippen molar-refractivity contribution in [2.75, 3.05) is 31.1 Å². The van der Waals surface area contributed by atoms with Gasteiger partial charge in [-0.25, -0.2) is 8.42 Å². The van der Waals surface area contributed by atoms with E-state index in [2.05, 4.69) is 30.0 Å². The lowest BCUT2D eigenvalue weighted by Crippen LogP contribution is -2.44. The number of sulfone groups is 1. The van der Waals surface area contributed by atoms with Gasteiger partial charge in [-0.15, -0.1) is 0 Å². The van der Waals surface area contributed by atoms with E-state index in [9.17, 15) is 8.42 Å². The van der Waals surface area contributed by atoms with Gasteiger partial charge in [-0.3, -0.25) is 4.90 Å². The molecule has 1 saturated heterocycles. The molecule has 0 radical (unpaired) electrons. The normalized spacial score (nSPS) is 21.7. The third-order valence-electron chi connectivity index (χ3n) is 3.47. The maximum Gasteiger partial charge on any atom is 0.152 e. The third kappa shape index (κ3) is 3.10. The number of nitrogens with two attached hydrogens (primary N) is 1. The molecule has 0 bridgehead atoms.